The number of H-pyrrole nitrogens is 1. The van der Waals surface area contributed by atoms with Crippen molar-refractivity contribution < 1.29 is 5.11 Å². The van der Waals surface area contributed by atoms with Gasteiger partial charge in [0.05, 0.1) is 13.2 Å². The summed E-state index contributed by atoms with van der Waals surface area (Å²) < 4.78 is 1.06. The van der Waals surface area contributed by atoms with Gasteiger partial charge in [-0.3, -0.25) is 9.78 Å². The van der Waals surface area contributed by atoms with Crippen molar-refractivity contribution in [3.8, 4) is 0 Å². The lowest BCUT2D eigenvalue weighted by atomic mass is 9.93. The number of rotatable bonds is 2. The van der Waals surface area contributed by atoms with Gasteiger partial charge in [0.1, 0.15) is 5.69 Å². The SMILES string of the molecule is CC(C)(C)c1nn(CCO)c(=O)[nH]c1=O. The molecule has 0 radical (unpaired) electrons. The third kappa shape index (κ3) is 2.53. The van der Waals surface area contributed by atoms with Crippen molar-refractivity contribution >= 4 is 0 Å². The van der Waals surface area contributed by atoms with Gasteiger partial charge in [-0.05, 0) is 0 Å². The monoisotopic (exact) mass is 213 g/mol. The van der Waals surface area contributed by atoms with Crippen molar-refractivity contribution in [2.75, 3.05) is 6.61 Å². The lowest BCUT2D eigenvalue weighted by Crippen LogP contribution is -2.39. The molecule has 0 amide bonds. The second-order valence-electron chi connectivity index (χ2n) is 4.30. The Hall–Kier alpha value is -1.43. The molecule has 0 aromatic carbocycles. The molecule has 1 heterocycles. The van der Waals surface area contributed by atoms with Crippen LogP contribution < -0.4 is 11.2 Å². The largest absolute Gasteiger partial charge is 0.394 e. The predicted molar refractivity (Wildman–Crippen MR) is 54.9 cm³/mol. The molecule has 6 nitrogen and oxygen atoms in total. The summed E-state index contributed by atoms with van der Waals surface area (Å²) in [6.07, 6.45) is 0. The highest BCUT2D eigenvalue weighted by Crippen LogP contribution is 2.14. The third-order valence-corrected chi connectivity index (χ3v) is 1.91. The van der Waals surface area contributed by atoms with Gasteiger partial charge in [0.15, 0.2) is 0 Å². The number of aromatic nitrogens is 3. The van der Waals surface area contributed by atoms with Gasteiger partial charge in [-0.2, -0.15) is 5.10 Å². The van der Waals surface area contributed by atoms with Crippen molar-refractivity contribution in [2.24, 2.45) is 0 Å². The predicted octanol–water partition coefficient (Wildman–Crippen LogP) is -0.779. The zero-order valence-corrected chi connectivity index (χ0v) is 9.07. The molecule has 84 valence electrons. The minimum absolute atomic E-state index is 0.0820. The normalized spacial score (nSPS) is 11.7. The number of nitrogens with zero attached hydrogens (tertiary/aromatic N) is 2. The summed E-state index contributed by atoms with van der Waals surface area (Å²) in [5.74, 6) is 0. The molecule has 2 N–H and O–H groups in total. The Balaban J connectivity index is 3.37. The van der Waals surface area contributed by atoms with Crippen molar-refractivity contribution in [3.05, 3.63) is 26.5 Å². The number of aliphatic hydroxyl groups is 1. The van der Waals surface area contributed by atoms with Crippen LogP contribution in [-0.4, -0.2) is 26.5 Å². The molecule has 1 rings (SSSR count). The van der Waals surface area contributed by atoms with E-state index < -0.39 is 16.7 Å². The zero-order valence-electron chi connectivity index (χ0n) is 9.07. The van der Waals surface area contributed by atoms with Gasteiger partial charge in [-0.1, -0.05) is 20.8 Å². The Labute approximate surface area is 86.6 Å². The molecule has 0 saturated carbocycles. The highest BCUT2D eigenvalue weighted by Gasteiger charge is 2.21. The Morgan fingerprint density at radius 1 is 1.40 bits per heavy atom. The summed E-state index contributed by atoms with van der Waals surface area (Å²) in [5.41, 5.74) is -1.21. The standard InChI is InChI=1S/C9H15N3O3/c1-9(2,3)6-7(14)10-8(15)12(11-6)4-5-13/h13H,4-5H2,1-3H3,(H,10,14,15). The smallest absolute Gasteiger partial charge is 0.344 e. The summed E-state index contributed by atoms with van der Waals surface area (Å²) >= 11 is 0. The lowest BCUT2D eigenvalue weighted by Gasteiger charge is -2.16. The topological polar surface area (TPSA) is 88.0 Å². The fourth-order valence-corrected chi connectivity index (χ4v) is 1.17. The molecule has 15 heavy (non-hydrogen) atoms. The van der Waals surface area contributed by atoms with Gasteiger partial charge in [0.2, 0.25) is 0 Å². The summed E-state index contributed by atoms with van der Waals surface area (Å²) in [6.45, 7) is 5.39. The van der Waals surface area contributed by atoms with E-state index in [1.807, 2.05) is 20.8 Å². The molecule has 0 aliphatic heterocycles. The maximum absolute atomic E-state index is 11.4. The summed E-state index contributed by atoms with van der Waals surface area (Å²) in [4.78, 5) is 24.9. The van der Waals surface area contributed by atoms with E-state index in [4.69, 9.17) is 5.11 Å². The third-order valence-electron chi connectivity index (χ3n) is 1.91. The molecule has 0 atom stereocenters. The first-order chi connectivity index (χ1) is 6.86. The van der Waals surface area contributed by atoms with E-state index in [-0.39, 0.29) is 18.8 Å². The number of aromatic amines is 1. The van der Waals surface area contributed by atoms with E-state index >= 15 is 0 Å². The molecule has 1 aromatic heterocycles. The van der Waals surface area contributed by atoms with E-state index in [9.17, 15) is 9.59 Å². The molecule has 0 unspecified atom stereocenters. The Bertz CT molecular complexity index is 453. The first kappa shape index (κ1) is 11.6. The molecule has 1 aromatic rings. The van der Waals surface area contributed by atoms with Crippen molar-refractivity contribution in [2.45, 2.75) is 32.7 Å². The van der Waals surface area contributed by atoms with Gasteiger partial charge in [0, 0.05) is 5.41 Å². The summed E-state index contributed by atoms with van der Waals surface area (Å²) in [5, 5.41) is 12.6. The van der Waals surface area contributed by atoms with E-state index in [0.717, 1.165) is 4.68 Å². The molecule has 0 saturated heterocycles. The molecule has 0 fully saturated rings. The average Bonchev–Trinajstić information content (AvgIpc) is 2.07. The van der Waals surface area contributed by atoms with Crippen LogP contribution in [0.2, 0.25) is 0 Å². The molecule has 0 aliphatic rings. The van der Waals surface area contributed by atoms with E-state index in [2.05, 4.69) is 10.1 Å². The maximum atomic E-state index is 11.4. The minimum atomic E-state index is -0.595. The molecule has 0 bridgehead atoms. The number of hydrogen-bond acceptors (Lipinski definition) is 4. The van der Waals surface area contributed by atoms with Crippen LogP contribution in [0.15, 0.2) is 9.59 Å². The van der Waals surface area contributed by atoms with Crippen LogP contribution in [0.1, 0.15) is 26.5 Å². The van der Waals surface area contributed by atoms with Crippen LogP contribution in [0.5, 0.6) is 0 Å². The van der Waals surface area contributed by atoms with Crippen molar-refractivity contribution in [3.63, 3.8) is 0 Å². The van der Waals surface area contributed by atoms with Crippen LogP contribution in [0, 0.1) is 0 Å². The van der Waals surface area contributed by atoms with Crippen LogP contribution >= 0.6 is 0 Å². The Kier molecular flexibility index (Phi) is 3.09. The molecular weight excluding hydrogens is 198 g/mol. The van der Waals surface area contributed by atoms with E-state index in [0.29, 0.717) is 0 Å². The van der Waals surface area contributed by atoms with Crippen LogP contribution in [0.25, 0.3) is 0 Å². The van der Waals surface area contributed by atoms with E-state index in [1.54, 1.807) is 0 Å². The molecule has 6 heteroatoms. The highest BCUT2D eigenvalue weighted by molar-refractivity contribution is 5.06. The van der Waals surface area contributed by atoms with Crippen molar-refractivity contribution in [1.29, 1.82) is 0 Å². The molecule has 0 spiro atoms. The lowest BCUT2D eigenvalue weighted by molar-refractivity contribution is 0.262. The maximum Gasteiger partial charge on any atom is 0.344 e. The van der Waals surface area contributed by atoms with Gasteiger partial charge in [0.25, 0.3) is 5.56 Å². The van der Waals surface area contributed by atoms with Gasteiger partial charge in [-0.25, -0.2) is 9.48 Å². The van der Waals surface area contributed by atoms with Crippen LogP contribution in [-0.2, 0) is 12.0 Å². The quantitative estimate of drug-likeness (QED) is 0.674. The fraction of sp³-hybridized carbons (Fsp3) is 0.667. The van der Waals surface area contributed by atoms with Crippen LogP contribution in [0.4, 0.5) is 0 Å². The van der Waals surface area contributed by atoms with Gasteiger partial charge in [-0.15, -0.1) is 0 Å². The van der Waals surface area contributed by atoms with E-state index in [1.165, 1.54) is 0 Å². The number of nitrogens with one attached hydrogen (secondary N) is 1. The number of hydrogen-bond donors (Lipinski definition) is 2. The van der Waals surface area contributed by atoms with Gasteiger partial charge >= 0.3 is 5.69 Å². The fourth-order valence-electron chi connectivity index (χ4n) is 1.17. The highest BCUT2D eigenvalue weighted by atomic mass is 16.3. The first-order valence-electron chi connectivity index (χ1n) is 4.69. The molecular formula is C9H15N3O3. The number of aliphatic hydroxyl groups excluding tert-OH is 1. The van der Waals surface area contributed by atoms with Crippen LogP contribution in [0.3, 0.4) is 0 Å². The van der Waals surface area contributed by atoms with Crippen molar-refractivity contribution in [1.82, 2.24) is 14.8 Å². The second-order valence-corrected chi connectivity index (χ2v) is 4.30. The minimum Gasteiger partial charge on any atom is -0.394 e. The molecule has 0 aliphatic carbocycles. The zero-order chi connectivity index (χ0) is 11.6. The van der Waals surface area contributed by atoms with Gasteiger partial charge < -0.3 is 5.11 Å². The summed E-state index contributed by atoms with van der Waals surface area (Å²) in [6, 6.07) is 0. The second kappa shape index (κ2) is 3.98. The Morgan fingerprint density at radius 3 is 2.47 bits per heavy atom. The average molecular weight is 213 g/mol. The summed E-state index contributed by atoms with van der Waals surface area (Å²) in [7, 11) is 0. The Morgan fingerprint density at radius 2 is 2.00 bits per heavy atom. The first-order valence-corrected chi connectivity index (χ1v) is 4.69.